The van der Waals surface area contributed by atoms with Crippen LogP contribution >= 0.6 is 22.9 Å². The molecule has 0 aromatic carbocycles. The van der Waals surface area contributed by atoms with Gasteiger partial charge in [-0.3, -0.25) is 13.9 Å². The molecule has 1 aliphatic carbocycles. The normalized spacial score (nSPS) is 15.4. The SMILES string of the molecule is Cn1c(=O)c2cc(CCl)sc2n(CC2CC2)c1=O. The van der Waals surface area contributed by atoms with Crippen LogP contribution in [0.4, 0.5) is 0 Å². The third-order valence-corrected chi connectivity index (χ3v) is 4.94. The van der Waals surface area contributed by atoms with Gasteiger partial charge in [-0.15, -0.1) is 22.9 Å². The number of alkyl halides is 1. The van der Waals surface area contributed by atoms with Gasteiger partial charge in [0, 0.05) is 18.5 Å². The Hall–Kier alpha value is -1.07. The van der Waals surface area contributed by atoms with Gasteiger partial charge in [-0.1, -0.05) is 0 Å². The summed E-state index contributed by atoms with van der Waals surface area (Å²) >= 11 is 7.26. The number of hydrogen-bond donors (Lipinski definition) is 0. The summed E-state index contributed by atoms with van der Waals surface area (Å²) in [5.41, 5.74) is -0.447. The Morgan fingerprint density at radius 3 is 2.78 bits per heavy atom. The Balaban J connectivity index is 2.33. The van der Waals surface area contributed by atoms with Crippen molar-refractivity contribution in [2.75, 3.05) is 0 Å². The molecule has 2 aromatic heterocycles. The van der Waals surface area contributed by atoms with Crippen molar-refractivity contribution in [2.45, 2.75) is 25.3 Å². The molecule has 4 nitrogen and oxygen atoms in total. The second-order valence-corrected chi connectivity index (χ2v) is 6.15. The Kier molecular flexibility index (Phi) is 2.83. The van der Waals surface area contributed by atoms with Gasteiger partial charge in [0.25, 0.3) is 5.56 Å². The fraction of sp³-hybridized carbons (Fsp3) is 0.500. The number of rotatable bonds is 3. The van der Waals surface area contributed by atoms with Crippen molar-refractivity contribution in [3.8, 4) is 0 Å². The minimum atomic E-state index is -0.227. The van der Waals surface area contributed by atoms with Crippen molar-refractivity contribution in [1.29, 1.82) is 0 Å². The monoisotopic (exact) mass is 284 g/mol. The molecule has 18 heavy (non-hydrogen) atoms. The molecule has 96 valence electrons. The molecule has 0 unspecified atom stereocenters. The molecule has 1 saturated carbocycles. The fourth-order valence-corrected chi connectivity index (χ4v) is 3.35. The zero-order valence-electron chi connectivity index (χ0n) is 9.98. The van der Waals surface area contributed by atoms with E-state index in [0.717, 1.165) is 9.71 Å². The van der Waals surface area contributed by atoms with Crippen LogP contribution in [-0.2, 0) is 19.5 Å². The molecule has 1 fully saturated rings. The van der Waals surface area contributed by atoms with Gasteiger partial charge in [0.15, 0.2) is 0 Å². The third kappa shape index (κ3) is 1.82. The number of fused-ring (bicyclic) bond motifs is 1. The summed E-state index contributed by atoms with van der Waals surface area (Å²) in [7, 11) is 1.53. The van der Waals surface area contributed by atoms with Crippen molar-refractivity contribution in [3.63, 3.8) is 0 Å². The molecule has 0 N–H and O–H groups in total. The molecule has 0 atom stereocenters. The highest BCUT2D eigenvalue weighted by molar-refractivity contribution is 7.18. The molecule has 0 spiro atoms. The predicted octanol–water partition coefficient (Wildman–Crippen LogP) is 1.91. The van der Waals surface area contributed by atoms with Gasteiger partial charge in [-0.25, -0.2) is 4.79 Å². The molecule has 2 heterocycles. The largest absolute Gasteiger partial charge is 0.331 e. The van der Waals surface area contributed by atoms with E-state index in [-0.39, 0.29) is 11.2 Å². The van der Waals surface area contributed by atoms with E-state index >= 15 is 0 Å². The summed E-state index contributed by atoms with van der Waals surface area (Å²) in [6.45, 7) is 0.714. The predicted molar refractivity (Wildman–Crippen MR) is 73.6 cm³/mol. The van der Waals surface area contributed by atoms with Gasteiger partial charge in [0.1, 0.15) is 4.83 Å². The zero-order chi connectivity index (χ0) is 12.9. The maximum absolute atomic E-state index is 12.2. The van der Waals surface area contributed by atoms with Gasteiger partial charge >= 0.3 is 5.69 Å². The number of hydrogen-bond acceptors (Lipinski definition) is 3. The average molecular weight is 285 g/mol. The van der Waals surface area contributed by atoms with Crippen LogP contribution in [0.1, 0.15) is 17.7 Å². The minimum absolute atomic E-state index is 0.220. The van der Waals surface area contributed by atoms with E-state index in [1.807, 2.05) is 0 Å². The van der Waals surface area contributed by atoms with E-state index in [2.05, 4.69) is 0 Å². The fourth-order valence-electron chi connectivity index (χ4n) is 2.11. The van der Waals surface area contributed by atoms with Crippen molar-refractivity contribution < 1.29 is 0 Å². The first-order valence-electron chi connectivity index (χ1n) is 5.90. The van der Waals surface area contributed by atoms with Crippen molar-refractivity contribution >= 4 is 33.2 Å². The molecule has 0 radical (unpaired) electrons. The summed E-state index contributed by atoms with van der Waals surface area (Å²) in [5, 5.41) is 0.610. The van der Waals surface area contributed by atoms with E-state index in [0.29, 0.717) is 23.7 Å². The second kappa shape index (κ2) is 4.24. The first kappa shape index (κ1) is 12.0. The highest BCUT2D eigenvalue weighted by Crippen LogP contribution is 2.32. The first-order valence-corrected chi connectivity index (χ1v) is 7.25. The molecule has 6 heteroatoms. The van der Waals surface area contributed by atoms with Gasteiger partial charge in [-0.05, 0) is 24.8 Å². The Bertz CT molecular complexity index is 724. The maximum Gasteiger partial charge on any atom is 0.331 e. The van der Waals surface area contributed by atoms with E-state index in [1.165, 1.54) is 35.8 Å². The second-order valence-electron chi connectivity index (χ2n) is 4.77. The summed E-state index contributed by atoms with van der Waals surface area (Å²) in [5.74, 6) is 0.963. The average Bonchev–Trinajstić information content (AvgIpc) is 3.09. The Morgan fingerprint density at radius 1 is 1.44 bits per heavy atom. The van der Waals surface area contributed by atoms with Crippen LogP contribution in [0.25, 0.3) is 10.2 Å². The molecule has 2 aromatic rings. The highest BCUT2D eigenvalue weighted by Gasteiger charge is 2.24. The minimum Gasteiger partial charge on any atom is -0.284 e. The highest BCUT2D eigenvalue weighted by atomic mass is 35.5. The van der Waals surface area contributed by atoms with E-state index in [4.69, 9.17) is 11.6 Å². The molecule has 0 aliphatic heterocycles. The number of nitrogens with zero attached hydrogens (tertiary/aromatic N) is 2. The van der Waals surface area contributed by atoms with Crippen molar-refractivity contribution in [1.82, 2.24) is 9.13 Å². The molecule has 1 aliphatic rings. The van der Waals surface area contributed by atoms with Gasteiger partial charge < -0.3 is 0 Å². The summed E-state index contributed by atoms with van der Waals surface area (Å²) in [4.78, 5) is 25.9. The number of aromatic nitrogens is 2. The quantitative estimate of drug-likeness (QED) is 0.808. The van der Waals surface area contributed by atoms with E-state index < -0.39 is 0 Å². The molecule has 0 bridgehead atoms. The summed E-state index contributed by atoms with van der Waals surface area (Å²) in [6.07, 6.45) is 2.34. The molecule has 0 saturated heterocycles. The van der Waals surface area contributed by atoms with Crippen LogP contribution in [0.3, 0.4) is 0 Å². The van der Waals surface area contributed by atoms with Crippen LogP contribution in [0.15, 0.2) is 15.7 Å². The first-order chi connectivity index (χ1) is 8.61. The van der Waals surface area contributed by atoms with Crippen LogP contribution in [0, 0.1) is 5.92 Å². The lowest BCUT2D eigenvalue weighted by molar-refractivity contribution is 0.584. The molecular weight excluding hydrogens is 272 g/mol. The lowest BCUT2D eigenvalue weighted by Crippen LogP contribution is -2.37. The summed E-state index contributed by atoms with van der Waals surface area (Å²) in [6, 6.07) is 1.80. The molecule has 3 rings (SSSR count). The van der Waals surface area contributed by atoms with Crippen LogP contribution in [0.5, 0.6) is 0 Å². The standard InChI is InChI=1S/C12H13ClN2O2S/c1-14-10(16)9-4-8(5-13)18-11(9)15(12(14)17)6-7-2-3-7/h4,7H,2-3,5-6H2,1H3. The topological polar surface area (TPSA) is 44.0 Å². The molecular formula is C12H13ClN2O2S. The van der Waals surface area contributed by atoms with Crippen molar-refractivity contribution in [2.24, 2.45) is 13.0 Å². The van der Waals surface area contributed by atoms with E-state index in [9.17, 15) is 9.59 Å². The van der Waals surface area contributed by atoms with Crippen LogP contribution in [0.2, 0.25) is 0 Å². The van der Waals surface area contributed by atoms with Crippen LogP contribution < -0.4 is 11.2 Å². The van der Waals surface area contributed by atoms with Gasteiger partial charge in [0.2, 0.25) is 0 Å². The lowest BCUT2D eigenvalue weighted by Gasteiger charge is -2.08. The van der Waals surface area contributed by atoms with Crippen LogP contribution in [-0.4, -0.2) is 9.13 Å². The molecule has 0 amide bonds. The number of thiophene rings is 1. The Labute approximate surface area is 112 Å². The van der Waals surface area contributed by atoms with E-state index in [1.54, 1.807) is 10.6 Å². The van der Waals surface area contributed by atoms with Gasteiger partial charge in [-0.2, -0.15) is 0 Å². The maximum atomic E-state index is 12.2. The lowest BCUT2D eigenvalue weighted by atomic mass is 10.3. The smallest absolute Gasteiger partial charge is 0.284 e. The third-order valence-electron chi connectivity index (χ3n) is 3.33. The Morgan fingerprint density at radius 2 is 2.17 bits per heavy atom. The zero-order valence-corrected chi connectivity index (χ0v) is 11.6. The van der Waals surface area contributed by atoms with Crippen molar-refractivity contribution in [3.05, 3.63) is 31.8 Å². The summed E-state index contributed by atoms with van der Waals surface area (Å²) < 4.78 is 2.92. The number of halogens is 1. The van der Waals surface area contributed by atoms with Gasteiger partial charge in [0.05, 0.1) is 11.3 Å².